The van der Waals surface area contributed by atoms with Gasteiger partial charge in [-0.3, -0.25) is 4.90 Å². The van der Waals surface area contributed by atoms with E-state index < -0.39 is 0 Å². The first-order valence-electron chi connectivity index (χ1n) is 7.96. The molecule has 0 radical (unpaired) electrons. The monoisotopic (exact) mass is 319 g/mol. The third-order valence-electron chi connectivity index (χ3n) is 4.92. The first-order valence-corrected chi connectivity index (χ1v) is 8.34. The van der Waals surface area contributed by atoms with E-state index in [0.717, 1.165) is 50.1 Å². The summed E-state index contributed by atoms with van der Waals surface area (Å²) in [6.07, 6.45) is 0. The first kappa shape index (κ1) is 14.4. The van der Waals surface area contributed by atoms with Crippen LogP contribution in [0.15, 0.2) is 18.2 Å². The molecular formula is C17H22ClN3O. The molecule has 0 saturated carbocycles. The summed E-state index contributed by atoms with van der Waals surface area (Å²) < 4.78 is 8.47. The number of ether oxygens (including phenoxy) is 1. The Labute approximate surface area is 136 Å². The van der Waals surface area contributed by atoms with Crippen LogP contribution in [0.5, 0.6) is 5.75 Å². The van der Waals surface area contributed by atoms with Crippen LogP contribution in [-0.2, 0) is 0 Å². The van der Waals surface area contributed by atoms with Gasteiger partial charge in [-0.2, -0.15) is 0 Å². The SMILES string of the molecule is Cc1cc2cc(Cl)cc3c2n1C(CN1CCN(C)CC1)CO3. The fourth-order valence-corrected chi connectivity index (χ4v) is 3.95. The molecule has 0 N–H and O–H groups in total. The van der Waals surface area contributed by atoms with Crippen LogP contribution in [0.3, 0.4) is 0 Å². The lowest BCUT2D eigenvalue weighted by Crippen LogP contribution is -2.47. The molecule has 22 heavy (non-hydrogen) atoms. The van der Waals surface area contributed by atoms with E-state index in [4.69, 9.17) is 16.3 Å². The highest BCUT2D eigenvalue weighted by Gasteiger charge is 2.27. The molecule has 1 fully saturated rings. The second kappa shape index (κ2) is 5.44. The van der Waals surface area contributed by atoms with Crippen molar-refractivity contribution < 1.29 is 4.74 Å². The molecule has 3 heterocycles. The molecule has 5 heteroatoms. The number of hydrogen-bond donors (Lipinski definition) is 0. The number of aryl methyl sites for hydroxylation is 1. The Bertz CT molecular complexity index is 703. The van der Waals surface area contributed by atoms with Crippen LogP contribution in [0.25, 0.3) is 10.9 Å². The summed E-state index contributed by atoms with van der Waals surface area (Å²) in [5, 5.41) is 1.93. The molecule has 0 bridgehead atoms. The summed E-state index contributed by atoms with van der Waals surface area (Å²) in [5.74, 6) is 0.922. The van der Waals surface area contributed by atoms with E-state index in [2.05, 4.69) is 34.4 Å². The molecule has 1 unspecified atom stereocenters. The van der Waals surface area contributed by atoms with E-state index in [1.165, 1.54) is 16.6 Å². The molecule has 4 nitrogen and oxygen atoms in total. The molecule has 0 amide bonds. The number of halogens is 1. The first-order chi connectivity index (χ1) is 10.6. The number of benzene rings is 1. The zero-order valence-electron chi connectivity index (χ0n) is 13.2. The fraction of sp³-hybridized carbons (Fsp3) is 0.529. The highest BCUT2D eigenvalue weighted by Crippen LogP contribution is 2.38. The van der Waals surface area contributed by atoms with E-state index >= 15 is 0 Å². The molecule has 0 aliphatic carbocycles. The van der Waals surface area contributed by atoms with E-state index in [0.29, 0.717) is 6.04 Å². The lowest BCUT2D eigenvalue weighted by atomic mass is 10.2. The predicted octanol–water partition coefficient (Wildman–Crippen LogP) is 2.78. The lowest BCUT2D eigenvalue weighted by Gasteiger charge is -2.36. The topological polar surface area (TPSA) is 20.6 Å². The summed E-state index contributed by atoms with van der Waals surface area (Å²) in [6, 6.07) is 6.57. The highest BCUT2D eigenvalue weighted by atomic mass is 35.5. The maximum atomic E-state index is 6.19. The molecule has 1 aromatic heterocycles. The van der Waals surface area contributed by atoms with Gasteiger partial charge in [0, 0.05) is 54.9 Å². The van der Waals surface area contributed by atoms with Crippen molar-refractivity contribution in [3.05, 3.63) is 28.9 Å². The van der Waals surface area contributed by atoms with Gasteiger partial charge in [0.1, 0.15) is 12.4 Å². The zero-order chi connectivity index (χ0) is 15.3. The van der Waals surface area contributed by atoms with Crippen molar-refractivity contribution in [2.45, 2.75) is 13.0 Å². The number of aromatic nitrogens is 1. The van der Waals surface area contributed by atoms with Crippen LogP contribution >= 0.6 is 11.6 Å². The summed E-state index contributed by atoms with van der Waals surface area (Å²) in [6.45, 7) is 8.55. The van der Waals surface area contributed by atoms with Crippen molar-refractivity contribution >= 4 is 22.5 Å². The molecule has 0 spiro atoms. The molecule has 2 aliphatic rings. The zero-order valence-corrected chi connectivity index (χ0v) is 13.9. The van der Waals surface area contributed by atoms with Crippen molar-refractivity contribution in [2.24, 2.45) is 0 Å². The molecule has 2 aromatic rings. The third kappa shape index (κ3) is 2.39. The van der Waals surface area contributed by atoms with Gasteiger partial charge in [0.25, 0.3) is 0 Å². The average Bonchev–Trinajstić information content (AvgIpc) is 2.82. The van der Waals surface area contributed by atoms with E-state index in [1.807, 2.05) is 12.1 Å². The van der Waals surface area contributed by atoms with Crippen LogP contribution in [-0.4, -0.2) is 60.7 Å². The van der Waals surface area contributed by atoms with Gasteiger partial charge in [0.2, 0.25) is 0 Å². The Morgan fingerprint density at radius 1 is 1.18 bits per heavy atom. The Balaban J connectivity index is 1.65. The molecule has 118 valence electrons. The summed E-state index contributed by atoms with van der Waals surface area (Å²) >= 11 is 6.19. The Kier molecular flexibility index (Phi) is 3.56. The van der Waals surface area contributed by atoms with E-state index in [-0.39, 0.29) is 0 Å². The number of likely N-dealkylation sites (N-methyl/N-ethyl adjacent to an activating group) is 1. The van der Waals surface area contributed by atoms with Crippen LogP contribution in [0, 0.1) is 6.92 Å². The molecule has 1 atom stereocenters. The maximum Gasteiger partial charge on any atom is 0.145 e. The Morgan fingerprint density at radius 3 is 2.73 bits per heavy atom. The van der Waals surface area contributed by atoms with Crippen molar-refractivity contribution in [3.8, 4) is 5.75 Å². The molecule has 2 aliphatic heterocycles. The summed E-state index contributed by atoms with van der Waals surface area (Å²) in [4.78, 5) is 4.95. The predicted molar refractivity (Wildman–Crippen MR) is 90.2 cm³/mol. The van der Waals surface area contributed by atoms with Crippen LogP contribution in [0.2, 0.25) is 5.02 Å². The molecule has 1 saturated heterocycles. The standard InChI is InChI=1S/C17H22ClN3O/c1-12-7-13-8-14(18)9-16-17(13)21(12)15(11-22-16)10-20-5-3-19(2)4-6-20/h7-9,15H,3-6,10-11H2,1-2H3. The van der Waals surface area contributed by atoms with Gasteiger partial charge in [0.15, 0.2) is 0 Å². The second-order valence-electron chi connectivity index (χ2n) is 6.57. The van der Waals surface area contributed by atoms with Gasteiger partial charge in [-0.05, 0) is 26.1 Å². The molecular weight excluding hydrogens is 298 g/mol. The second-order valence-corrected chi connectivity index (χ2v) is 7.00. The smallest absolute Gasteiger partial charge is 0.145 e. The summed E-state index contributed by atoms with van der Waals surface area (Å²) in [7, 11) is 2.20. The van der Waals surface area contributed by atoms with Gasteiger partial charge >= 0.3 is 0 Å². The van der Waals surface area contributed by atoms with Crippen molar-refractivity contribution in [1.29, 1.82) is 0 Å². The fourth-order valence-electron chi connectivity index (χ4n) is 3.74. The van der Waals surface area contributed by atoms with Gasteiger partial charge in [-0.1, -0.05) is 11.6 Å². The van der Waals surface area contributed by atoms with Gasteiger partial charge in [-0.25, -0.2) is 0 Å². The van der Waals surface area contributed by atoms with Crippen molar-refractivity contribution in [3.63, 3.8) is 0 Å². The van der Waals surface area contributed by atoms with Gasteiger partial charge in [0.05, 0.1) is 11.6 Å². The quantitative estimate of drug-likeness (QED) is 0.849. The van der Waals surface area contributed by atoms with E-state index in [1.54, 1.807) is 0 Å². The van der Waals surface area contributed by atoms with Gasteiger partial charge in [-0.15, -0.1) is 0 Å². The minimum atomic E-state index is 0.384. The number of piperazine rings is 1. The summed E-state index contributed by atoms with van der Waals surface area (Å²) in [5.41, 5.74) is 2.49. The number of nitrogens with zero attached hydrogens (tertiary/aromatic N) is 3. The number of hydrogen-bond acceptors (Lipinski definition) is 3. The highest BCUT2D eigenvalue weighted by molar-refractivity contribution is 6.31. The minimum absolute atomic E-state index is 0.384. The average molecular weight is 320 g/mol. The Morgan fingerprint density at radius 2 is 1.95 bits per heavy atom. The van der Waals surface area contributed by atoms with Crippen LogP contribution < -0.4 is 4.74 Å². The van der Waals surface area contributed by atoms with Crippen LogP contribution in [0.4, 0.5) is 0 Å². The lowest BCUT2D eigenvalue weighted by molar-refractivity contribution is 0.117. The number of rotatable bonds is 2. The third-order valence-corrected chi connectivity index (χ3v) is 5.13. The van der Waals surface area contributed by atoms with Crippen LogP contribution in [0.1, 0.15) is 11.7 Å². The largest absolute Gasteiger partial charge is 0.489 e. The Hall–Kier alpha value is -1.23. The maximum absolute atomic E-state index is 6.19. The van der Waals surface area contributed by atoms with Crippen molar-refractivity contribution in [2.75, 3.05) is 46.4 Å². The molecule has 1 aromatic carbocycles. The van der Waals surface area contributed by atoms with E-state index in [9.17, 15) is 0 Å². The molecule has 4 rings (SSSR count). The minimum Gasteiger partial charge on any atom is -0.489 e. The van der Waals surface area contributed by atoms with Gasteiger partial charge < -0.3 is 14.2 Å². The normalized spacial score (nSPS) is 23.0. The van der Waals surface area contributed by atoms with Crippen molar-refractivity contribution in [1.82, 2.24) is 14.4 Å².